The molecule has 0 radical (unpaired) electrons. The summed E-state index contributed by atoms with van der Waals surface area (Å²) in [6.07, 6.45) is 3.32. The van der Waals surface area contributed by atoms with Gasteiger partial charge in [0.1, 0.15) is 11.6 Å². The van der Waals surface area contributed by atoms with Crippen molar-refractivity contribution < 1.29 is 13.6 Å². The number of aryl methyl sites for hydroxylation is 1. The summed E-state index contributed by atoms with van der Waals surface area (Å²) in [6, 6.07) is 11.3. The molecule has 4 heteroatoms. The van der Waals surface area contributed by atoms with Crippen LogP contribution in [0.4, 0.5) is 8.78 Å². The molecule has 1 aliphatic rings. The number of amides is 1. The molecule has 0 spiro atoms. The van der Waals surface area contributed by atoms with E-state index in [0.717, 1.165) is 24.0 Å². The Kier molecular flexibility index (Phi) is 4.65. The number of nitrogens with one attached hydrogen (secondary N) is 1. The van der Waals surface area contributed by atoms with Crippen molar-refractivity contribution >= 4 is 5.91 Å². The predicted molar refractivity (Wildman–Crippen MR) is 89.5 cm³/mol. The molecule has 1 saturated carbocycles. The van der Waals surface area contributed by atoms with E-state index in [1.807, 2.05) is 12.1 Å². The molecule has 2 nitrogen and oxygen atoms in total. The highest BCUT2D eigenvalue weighted by atomic mass is 19.1. The molecule has 24 heavy (non-hydrogen) atoms. The van der Waals surface area contributed by atoms with Crippen LogP contribution in [0.2, 0.25) is 0 Å². The number of rotatable bonds is 4. The zero-order valence-electron chi connectivity index (χ0n) is 13.7. The Hall–Kier alpha value is -2.23. The average molecular weight is 329 g/mol. The number of hydrogen-bond donors (Lipinski definition) is 1. The normalized spacial score (nSPS) is 16.1. The maximum absolute atomic E-state index is 13.6. The smallest absolute Gasteiger partial charge is 0.230 e. The van der Waals surface area contributed by atoms with Gasteiger partial charge in [-0.15, -0.1) is 0 Å². The predicted octanol–water partition coefficient (Wildman–Crippen LogP) is 4.40. The van der Waals surface area contributed by atoms with Gasteiger partial charge in [-0.1, -0.05) is 37.1 Å². The molecule has 0 heterocycles. The molecule has 1 aliphatic carbocycles. The molecule has 1 amide bonds. The Morgan fingerprint density at radius 2 is 1.88 bits per heavy atom. The topological polar surface area (TPSA) is 29.1 Å². The summed E-state index contributed by atoms with van der Waals surface area (Å²) in [5, 5.41) is 2.92. The van der Waals surface area contributed by atoms with E-state index in [2.05, 4.69) is 5.32 Å². The van der Waals surface area contributed by atoms with Gasteiger partial charge in [-0.25, -0.2) is 8.78 Å². The minimum atomic E-state index is -0.675. The fraction of sp³-hybridized carbons (Fsp3) is 0.350. The lowest BCUT2D eigenvalue weighted by Gasteiger charge is -2.28. The van der Waals surface area contributed by atoms with Crippen molar-refractivity contribution in [2.24, 2.45) is 0 Å². The number of halogens is 2. The highest BCUT2D eigenvalue weighted by Gasteiger charge is 2.42. The van der Waals surface area contributed by atoms with Gasteiger partial charge in [0.25, 0.3) is 0 Å². The van der Waals surface area contributed by atoms with Gasteiger partial charge in [-0.3, -0.25) is 4.79 Å². The van der Waals surface area contributed by atoms with E-state index in [-0.39, 0.29) is 24.1 Å². The van der Waals surface area contributed by atoms with Gasteiger partial charge in [0.2, 0.25) is 5.91 Å². The zero-order chi connectivity index (χ0) is 17.2. The summed E-state index contributed by atoms with van der Waals surface area (Å²) in [4.78, 5) is 12.9. The lowest BCUT2D eigenvalue weighted by Crippen LogP contribution is -2.42. The third-order valence-electron chi connectivity index (χ3n) is 4.96. The molecule has 0 saturated heterocycles. The summed E-state index contributed by atoms with van der Waals surface area (Å²) < 4.78 is 27.2. The minimum absolute atomic E-state index is 0.105. The van der Waals surface area contributed by atoms with Crippen LogP contribution in [0, 0.1) is 18.6 Å². The van der Waals surface area contributed by atoms with E-state index in [1.165, 1.54) is 18.2 Å². The molecule has 0 aliphatic heterocycles. The van der Waals surface area contributed by atoms with Crippen molar-refractivity contribution in [3.05, 3.63) is 70.8 Å². The van der Waals surface area contributed by atoms with Gasteiger partial charge in [0.05, 0.1) is 5.41 Å². The van der Waals surface area contributed by atoms with Gasteiger partial charge in [-0.05, 0) is 54.7 Å². The first kappa shape index (κ1) is 16.6. The Bertz CT molecular complexity index is 751. The summed E-state index contributed by atoms with van der Waals surface area (Å²) in [5.41, 5.74) is 1.36. The number of hydrogen-bond acceptors (Lipinski definition) is 1. The second-order valence-electron chi connectivity index (χ2n) is 6.57. The number of carbonyl (C=O) groups is 1. The quantitative estimate of drug-likeness (QED) is 0.885. The standard InChI is InChI=1S/C20H21F2NO/c1-14-7-8-15(11-18(14)22)13-23-19(24)20(9-2-3-10-20)16-5-4-6-17(21)12-16/h4-8,11-12H,2-3,9-10,13H2,1H3,(H,23,24). The maximum atomic E-state index is 13.6. The summed E-state index contributed by atoms with van der Waals surface area (Å²) in [7, 11) is 0. The highest BCUT2D eigenvalue weighted by molar-refractivity contribution is 5.88. The lowest BCUT2D eigenvalue weighted by atomic mass is 9.78. The zero-order valence-corrected chi connectivity index (χ0v) is 13.7. The van der Waals surface area contributed by atoms with Gasteiger partial charge >= 0.3 is 0 Å². The van der Waals surface area contributed by atoms with E-state index in [4.69, 9.17) is 0 Å². The second kappa shape index (κ2) is 6.71. The lowest BCUT2D eigenvalue weighted by molar-refractivity contribution is -0.126. The summed E-state index contributed by atoms with van der Waals surface area (Å²) >= 11 is 0. The van der Waals surface area contributed by atoms with Gasteiger partial charge < -0.3 is 5.32 Å². The molecule has 0 unspecified atom stereocenters. The SMILES string of the molecule is Cc1ccc(CNC(=O)C2(c3cccc(F)c3)CCCC2)cc1F. The molecule has 1 fully saturated rings. The van der Waals surface area contributed by atoms with Crippen LogP contribution in [0.15, 0.2) is 42.5 Å². The minimum Gasteiger partial charge on any atom is -0.351 e. The monoisotopic (exact) mass is 329 g/mol. The molecule has 126 valence electrons. The molecular formula is C20H21F2NO. The molecular weight excluding hydrogens is 308 g/mol. The van der Waals surface area contributed by atoms with Crippen molar-refractivity contribution in [1.29, 1.82) is 0 Å². The molecule has 2 aromatic rings. The Balaban J connectivity index is 1.79. The molecule has 0 atom stereocenters. The largest absolute Gasteiger partial charge is 0.351 e. The molecule has 0 aromatic heterocycles. The van der Waals surface area contributed by atoms with Crippen LogP contribution in [0.3, 0.4) is 0 Å². The van der Waals surface area contributed by atoms with Crippen molar-refractivity contribution in [2.45, 2.75) is 44.6 Å². The summed E-state index contributed by atoms with van der Waals surface area (Å²) in [5.74, 6) is -0.707. The van der Waals surface area contributed by atoms with Crippen LogP contribution in [0.25, 0.3) is 0 Å². The third kappa shape index (κ3) is 3.18. The highest BCUT2D eigenvalue weighted by Crippen LogP contribution is 2.41. The van der Waals surface area contributed by atoms with Crippen molar-refractivity contribution in [1.82, 2.24) is 5.32 Å². The Morgan fingerprint density at radius 1 is 1.12 bits per heavy atom. The fourth-order valence-corrected chi connectivity index (χ4v) is 3.51. The van der Waals surface area contributed by atoms with Crippen LogP contribution < -0.4 is 5.32 Å². The maximum Gasteiger partial charge on any atom is 0.230 e. The Morgan fingerprint density at radius 3 is 2.54 bits per heavy atom. The number of benzene rings is 2. The second-order valence-corrected chi connectivity index (χ2v) is 6.57. The van der Waals surface area contributed by atoms with E-state index in [0.29, 0.717) is 18.4 Å². The summed E-state index contributed by atoms with van der Waals surface area (Å²) in [6.45, 7) is 1.97. The first-order valence-corrected chi connectivity index (χ1v) is 8.31. The van der Waals surface area contributed by atoms with E-state index >= 15 is 0 Å². The third-order valence-corrected chi connectivity index (χ3v) is 4.96. The van der Waals surface area contributed by atoms with Crippen LogP contribution in [-0.4, -0.2) is 5.91 Å². The van der Waals surface area contributed by atoms with Crippen molar-refractivity contribution in [3.63, 3.8) is 0 Å². The average Bonchev–Trinajstić information content (AvgIpc) is 3.07. The van der Waals surface area contributed by atoms with E-state index in [9.17, 15) is 13.6 Å². The van der Waals surface area contributed by atoms with E-state index in [1.54, 1.807) is 19.1 Å². The Labute approximate surface area is 140 Å². The van der Waals surface area contributed by atoms with Crippen LogP contribution >= 0.6 is 0 Å². The number of carbonyl (C=O) groups excluding carboxylic acids is 1. The van der Waals surface area contributed by atoms with Crippen LogP contribution in [0.5, 0.6) is 0 Å². The van der Waals surface area contributed by atoms with Gasteiger partial charge in [-0.2, -0.15) is 0 Å². The van der Waals surface area contributed by atoms with Crippen molar-refractivity contribution in [3.8, 4) is 0 Å². The van der Waals surface area contributed by atoms with Crippen LogP contribution in [-0.2, 0) is 16.8 Å². The molecule has 0 bridgehead atoms. The first-order valence-electron chi connectivity index (χ1n) is 8.31. The van der Waals surface area contributed by atoms with E-state index < -0.39 is 5.41 Å². The van der Waals surface area contributed by atoms with Gasteiger partial charge in [0.15, 0.2) is 0 Å². The van der Waals surface area contributed by atoms with Crippen LogP contribution in [0.1, 0.15) is 42.4 Å². The van der Waals surface area contributed by atoms with Gasteiger partial charge in [0, 0.05) is 6.54 Å². The fourth-order valence-electron chi connectivity index (χ4n) is 3.51. The molecule has 3 rings (SSSR count). The molecule has 1 N–H and O–H groups in total. The first-order chi connectivity index (χ1) is 11.5. The molecule has 2 aromatic carbocycles. The van der Waals surface area contributed by atoms with Crippen molar-refractivity contribution in [2.75, 3.05) is 0 Å².